The Morgan fingerprint density at radius 1 is 0.900 bits per heavy atom. The molecule has 5 rings (SSSR count). The van der Waals surface area contributed by atoms with Crippen LogP contribution in [0.5, 0.6) is 5.75 Å². The molecule has 0 atom stereocenters. The van der Waals surface area contributed by atoms with Crippen LogP contribution in [0.15, 0.2) is 107 Å². The quantitative estimate of drug-likeness (QED) is 0.0904. The lowest BCUT2D eigenvalue weighted by molar-refractivity contribution is -0.137. The van der Waals surface area contributed by atoms with Crippen LogP contribution in [-0.4, -0.2) is 23.1 Å². The third-order valence-corrected chi connectivity index (χ3v) is 6.65. The molecule has 1 amide bonds. The molecule has 0 spiro atoms. The number of alkyl halides is 3. The van der Waals surface area contributed by atoms with E-state index < -0.39 is 23.6 Å². The second-order valence-corrected chi connectivity index (χ2v) is 9.46. The molecular formula is C30H19BrF3N3O3. The van der Waals surface area contributed by atoms with E-state index in [2.05, 4.69) is 31.4 Å². The van der Waals surface area contributed by atoms with Gasteiger partial charge in [0.1, 0.15) is 11.4 Å². The molecule has 0 unspecified atom stereocenters. The summed E-state index contributed by atoms with van der Waals surface area (Å²) in [4.78, 5) is 29.0. The summed E-state index contributed by atoms with van der Waals surface area (Å²) < 4.78 is 45.3. The number of hydrazone groups is 1. The highest BCUT2D eigenvalue weighted by atomic mass is 79.9. The predicted octanol–water partition coefficient (Wildman–Crippen LogP) is 7.60. The number of carbonyl (C=O) groups is 2. The number of fused-ring (bicyclic) bond motifs is 1. The minimum Gasteiger partial charge on any atom is -0.422 e. The van der Waals surface area contributed by atoms with Crippen molar-refractivity contribution in [3.63, 3.8) is 0 Å². The predicted molar refractivity (Wildman–Crippen MR) is 149 cm³/mol. The first kappa shape index (κ1) is 26.9. The number of ether oxygens (including phenoxy) is 1. The third-order valence-electron chi connectivity index (χ3n) is 5.99. The Morgan fingerprint density at radius 2 is 1.62 bits per heavy atom. The Bertz CT molecular complexity index is 1750. The van der Waals surface area contributed by atoms with E-state index in [1.807, 2.05) is 48.5 Å². The lowest BCUT2D eigenvalue weighted by Crippen LogP contribution is -2.19. The number of nitrogens with zero attached hydrogens (tertiary/aromatic N) is 1. The van der Waals surface area contributed by atoms with Crippen LogP contribution in [-0.2, 0) is 6.18 Å². The highest BCUT2D eigenvalue weighted by Gasteiger charge is 2.31. The number of para-hydroxylation sites is 2. The Morgan fingerprint density at radius 3 is 2.40 bits per heavy atom. The van der Waals surface area contributed by atoms with Gasteiger partial charge in [-0.1, -0.05) is 60.7 Å². The lowest BCUT2D eigenvalue weighted by atomic mass is 10.0. The maximum Gasteiger partial charge on any atom is 0.416 e. The minimum atomic E-state index is -4.60. The summed E-state index contributed by atoms with van der Waals surface area (Å²) in [6, 6.07) is 25.4. The van der Waals surface area contributed by atoms with Gasteiger partial charge in [-0.25, -0.2) is 10.2 Å². The maximum absolute atomic E-state index is 13.2. The molecular weight excluding hydrogens is 587 g/mol. The second kappa shape index (κ2) is 11.2. The number of esters is 1. The van der Waals surface area contributed by atoms with Crippen LogP contribution in [0, 0.1) is 0 Å². The number of hydrogen-bond acceptors (Lipinski definition) is 4. The molecule has 5 aromatic rings. The molecule has 1 heterocycles. The summed E-state index contributed by atoms with van der Waals surface area (Å²) in [6.07, 6.45) is -3.31. The number of aromatic amines is 1. The van der Waals surface area contributed by atoms with Crippen LogP contribution in [0.4, 0.5) is 13.2 Å². The summed E-state index contributed by atoms with van der Waals surface area (Å²) in [6.45, 7) is 0. The molecule has 6 nitrogen and oxygen atoms in total. The molecule has 4 aromatic carbocycles. The van der Waals surface area contributed by atoms with Crippen LogP contribution in [0.3, 0.4) is 0 Å². The molecule has 0 aliphatic rings. The van der Waals surface area contributed by atoms with Crippen molar-refractivity contribution in [3.05, 3.63) is 124 Å². The molecule has 200 valence electrons. The van der Waals surface area contributed by atoms with Crippen LogP contribution in [0.25, 0.3) is 22.0 Å². The average molecular weight is 606 g/mol. The van der Waals surface area contributed by atoms with E-state index in [0.29, 0.717) is 16.8 Å². The van der Waals surface area contributed by atoms with Crippen molar-refractivity contribution >= 4 is 44.9 Å². The van der Waals surface area contributed by atoms with Crippen LogP contribution < -0.4 is 10.2 Å². The SMILES string of the molecule is O=C(Oc1ccccc1C=NNC(=O)c1[nH]c2c(Br)cccc2c1-c1ccccc1)c1cccc(C(F)(F)F)c1. The van der Waals surface area contributed by atoms with Gasteiger partial charge in [0.2, 0.25) is 0 Å². The number of amides is 1. The number of aromatic nitrogens is 1. The number of carbonyl (C=O) groups excluding carboxylic acids is 2. The first-order valence-corrected chi connectivity index (χ1v) is 12.7. The Labute approximate surface area is 234 Å². The van der Waals surface area contributed by atoms with Gasteiger partial charge in [0.25, 0.3) is 5.91 Å². The molecule has 10 heteroatoms. The van der Waals surface area contributed by atoms with Crippen molar-refractivity contribution in [2.45, 2.75) is 6.18 Å². The summed E-state index contributed by atoms with van der Waals surface area (Å²) in [7, 11) is 0. The van der Waals surface area contributed by atoms with E-state index in [9.17, 15) is 22.8 Å². The van der Waals surface area contributed by atoms with Crippen molar-refractivity contribution in [2.24, 2.45) is 5.10 Å². The molecule has 0 bridgehead atoms. The number of H-pyrrole nitrogens is 1. The van der Waals surface area contributed by atoms with E-state index in [1.54, 1.807) is 18.2 Å². The fraction of sp³-hybridized carbons (Fsp3) is 0.0333. The van der Waals surface area contributed by atoms with Crippen LogP contribution in [0.2, 0.25) is 0 Å². The second-order valence-electron chi connectivity index (χ2n) is 8.61. The Hall–Kier alpha value is -4.70. The highest BCUT2D eigenvalue weighted by molar-refractivity contribution is 9.10. The summed E-state index contributed by atoms with van der Waals surface area (Å²) >= 11 is 3.52. The maximum atomic E-state index is 13.2. The summed E-state index contributed by atoms with van der Waals surface area (Å²) in [5, 5.41) is 4.88. The molecule has 0 aliphatic carbocycles. The van der Waals surface area contributed by atoms with Gasteiger partial charge in [-0.05, 0) is 57.9 Å². The Kier molecular flexibility index (Phi) is 7.52. The van der Waals surface area contributed by atoms with Crippen LogP contribution >= 0.6 is 15.9 Å². The number of hydrogen-bond donors (Lipinski definition) is 2. The van der Waals surface area contributed by atoms with Crippen molar-refractivity contribution in [2.75, 3.05) is 0 Å². The van der Waals surface area contributed by atoms with Crippen molar-refractivity contribution in [3.8, 4) is 16.9 Å². The van der Waals surface area contributed by atoms with E-state index in [-0.39, 0.29) is 11.3 Å². The molecule has 0 saturated carbocycles. The van der Waals surface area contributed by atoms with Gasteiger partial charge in [0, 0.05) is 21.0 Å². The van der Waals surface area contributed by atoms with Gasteiger partial charge in [-0.2, -0.15) is 18.3 Å². The number of halogens is 4. The zero-order chi connectivity index (χ0) is 28.3. The van der Waals surface area contributed by atoms with Gasteiger partial charge in [-0.15, -0.1) is 0 Å². The zero-order valence-corrected chi connectivity index (χ0v) is 22.1. The average Bonchev–Trinajstić information content (AvgIpc) is 3.35. The van der Waals surface area contributed by atoms with Crippen molar-refractivity contribution < 1.29 is 27.5 Å². The van der Waals surface area contributed by atoms with Gasteiger partial charge in [0.05, 0.1) is 22.9 Å². The fourth-order valence-corrected chi connectivity index (χ4v) is 4.60. The monoisotopic (exact) mass is 605 g/mol. The minimum absolute atomic E-state index is 0.0578. The first-order chi connectivity index (χ1) is 19.2. The standard InChI is InChI=1S/C30H19BrF3N3O3/c31-23-14-7-13-22-25(18-8-2-1-3-9-18)27(36-26(22)23)28(38)37-35-17-20-10-4-5-15-24(20)40-29(39)19-11-6-12-21(16-19)30(32,33)34/h1-17,36H,(H,37,38). The van der Waals surface area contributed by atoms with Gasteiger partial charge < -0.3 is 9.72 Å². The first-order valence-electron chi connectivity index (χ1n) is 11.9. The molecule has 0 aliphatic heterocycles. The molecule has 0 saturated heterocycles. The van der Waals surface area contributed by atoms with Crippen LogP contribution in [0.1, 0.15) is 32.0 Å². The summed E-state index contributed by atoms with van der Waals surface area (Å²) in [5.74, 6) is -1.41. The molecule has 0 radical (unpaired) electrons. The summed E-state index contributed by atoms with van der Waals surface area (Å²) in [5.41, 5.74) is 4.20. The van der Waals surface area contributed by atoms with Crippen molar-refractivity contribution in [1.82, 2.24) is 10.4 Å². The third kappa shape index (κ3) is 5.67. The largest absolute Gasteiger partial charge is 0.422 e. The smallest absolute Gasteiger partial charge is 0.416 e. The van der Waals surface area contributed by atoms with Crippen molar-refractivity contribution in [1.29, 1.82) is 0 Å². The molecule has 0 fully saturated rings. The molecule has 40 heavy (non-hydrogen) atoms. The normalized spacial score (nSPS) is 11.6. The Balaban J connectivity index is 1.38. The van der Waals surface area contributed by atoms with Gasteiger partial charge >= 0.3 is 12.1 Å². The zero-order valence-electron chi connectivity index (χ0n) is 20.5. The highest BCUT2D eigenvalue weighted by Crippen LogP contribution is 2.35. The number of benzene rings is 4. The number of nitrogens with one attached hydrogen (secondary N) is 2. The van der Waals surface area contributed by atoms with Gasteiger partial charge in [0.15, 0.2) is 0 Å². The topological polar surface area (TPSA) is 83.5 Å². The van der Waals surface area contributed by atoms with E-state index in [1.165, 1.54) is 18.3 Å². The number of rotatable bonds is 6. The molecule has 1 aromatic heterocycles. The molecule has 2 N–H and O–H groups in total. The van der Waals surface area contributed by atoms with E-state index in [0.717, 1.165) is 39.1 Å². The van der Waals surface area contributed by atoms with Gasteiger partial charge in [-0.3, -0.25) is 4.79 Å². The van der Waals surface area contributed by atoms with E-state index >= 15 is 0 Å². The lowest BCUT2D eigenvalue weighted by Gasteiger charge is -2.10. The van der Waals surface area contributed by atoms with E-state index in [4.69, 9.17) is 4.74 Å². The fourth-order valence-electron chi connectivity index (χ4n) is 4.13.